The van der Waals surface area contributed by atoms with Crippen molar-refractivity contribution in [1.29, 1.82) is 0 Å². The molecule has 1 atom stereocenters. The van der Waals surface area contributed by atoms with Crippen molar-refractivity contribution in [3.8, 4) is 11.3 Å². The summed E-state index contributed by atoms with van der Waals surface area (Å²) in [5.74, 6) is -0.813. The van der Waals surface area contributed by atoms with Gasteiger partial charge in [0.1, 0.15) is 0 Å². The minimum absolute atomic E-state index is 0.00429. The summed E-state index contributed by atoms with van der Waals surface area (Å²) >= 11 is 0. The van der Waals surface area contributed by atoms with E-state index in [0.717, 1.165) is 36.1 Å². The number of carboxylic acid groups (broad SMARTS) is 1. The number of hydrogen-bond acceptors (Lipinski definition) is 3. The summed E-state index contributed by atoms with van der Waals surface area (Å²) in [7, 11) is 0. The van der Waals surface area contributed by atoms with Crippen molar-refractivity contribution in [2.75, 3.05) is 6.54 Å². The Balaban J connectivity index is 1.88. The molecule has 1 aromatic carbocycles. The molecule has 1 unspecified atom stereocenters. The van der Waals surface area contributed by atoms with Gasteiger partial charge in [0.05, 0.1) is 5.69 Å². The first-order valence-corrected chi connectivity index (χ1v) is 9.11. The van der Waals surface area contributed by atoms with Crippen molar-refractivity contribution < 1.29 is 14.7 Å². The minimum Gasteiger partial charge on any atom is -0.481 e. The van der Waals surface area contributed by atoms with Crippen LogP contribution in [-0.2, 0) is 4.79 Å². The van der Waals surface area contributed by atoms with Crippen molar-refractivity contribution in [3.63, 3.8) is 0 Å². The third-order valence-electron chi connectivity index (χ3n) is 5.08. The van der Waals surface area contributed by atoms with Gasteiger partial charge in [-0.15, -0.1) is 0 Å². The number of likely N-dealkylation sites (tertiary alicyclic amines) is 1. The molecule has 1 N–H and O–H groups in total. The van der Waals surface area contributed by atoms with Gasteiger partial charge in [-0.1, -0.05) is 18.2 Å². The fraction of sp³-hybridized carbons (Fsp3) is 0.381. The Morgan fingerprint density at radius 1 is 1.19 bits per heavy atom. The highest BCUT2D eigenvalue weighted by Crippen LogP contribution is 2.28. The molecule has 3 rings (SSSR count). The Labute approximate surface area is 153 Å². The first-order valence-electron chi connectivity index (χ1n) is 9.11. The summed E-state index contributed by atoms with van der Waals surface area (Å²) in [5.41, 5.74) is 3.39. The van der Waals surface area contributed by atoms with Gasteiger partial charge in [0.25, 0.3) is 5.91 Å². The monoisotopic (exact) mass is 352 g/mol. The zero-order chi connectivity index (χ0) is 18.5. The Kier molecular flexibility index (Phi) is 5.66. The summed E-state index contributed by atoms with van der Waals surface area (Å²) in [4.78, 5) is 30.4. The van der Waals surface area contributed by atoms with Crippen molar-refractivity contribution in [3.05, 3.63) is 53.7 Å². The largest absolute Gasteiger partial charge is 0.481 e. The molecule has 0 radical (unpaired) electrons. The lowest BCUT2D eigenvalue weighted by atomic mass is 9.94. The second-order valence-electron chi connectivity index (χ2n) is 6.77. The van der Waals surface area contributed by atoms with Crippen LogP contribution in [0.15, 0.2) is 42.6 Å². The van der Waals surface area contributed by atoms with Gasteiger partial charge in [-0.2, -0.15) is 0 Å². The van der Waals surface area contributed by atoms with E-state index in [-0.39, 0.29) is 18.4 Å². The van der Waals surface area contributed by atoms with Gasteiger partial charge in [-0.3, -0.25) is 14.6 Å². The highest BCUT2D eigenvalue weighted by Gasteiger charge is 2.29. The van der Waals surface area contributed by atoms with Crippen LogP contribution in [0.3, 0.4) is 0 Å². The van der Waals surface area contributed by atoms with Gasteiger partial charge < -0.3 is 10.0 Å². The molecule has 26 heavy (non-hydrogen) atoms. The maximum absolute atomic E-state index is 13.2. The Hall–Kier alpha value is -2.69. The van der Waals surface area contributed by atoms with Crippen LogP contribution in [0.25, 0.3) is 11.3 Å². The Morgan fingerprint density at radius 2 is 2.04 bits per heavy atom. The number of hydrogen-bond donors (Lipinski definition) is 1. The van der Waals surface area contributed by atoms with E-state index < -0.39 is 5.97 Å². The highest BCUT2D eigenvalue weighted by atomic mass is 16.4. The first-order chi connectivity index (χ1) is 12.6. The van der Waals surface area contributed by atoms with Gasteiger partial charge in [0.2, 0.25) is 0 Å². The number of benzene rings is 1. The number of aliphatic carboxylic acids is 1. The maximum atomic E-state index is 13.2. The molecule has 2 heterocycles. The van der Waals surface area contributed by atoms with Gasteiger partial charge >= 0.3 is 5.97 Å². The molecule has 2 aromatic rings. The average molecular weight is 352 g/mol. The third-order valence-corrected chi connectivity index (χ3v) is 5.08. The summed E-state index contributed by atoms with van der Waals surface area (Å²) in [6.07, 6.45) is 5.24. The number of pyridine rings is 1. The lowest BCUT2D eigenvalue weighted by molar-refractivity contribution is -0.137. The van der Waals surface area contributed by atoms with Crippen molar-refractivity contribution >= 4 is 11.9 Å². The summed E-state index contributed by atoms with van der Waals surface area (Å²) < 4.78 is 0. The number of carbonyl (C=O) groups excluding carboxylic acids is 1. The predicted molar refractivity (Wildman–Crippen MR) is 100.0 cm³/mol. The number of carboxylic acids is 1. The van der Waals surface area contributed by atoms with Crippen LogP contribution in [0.4, 0.5) is 0 Å². The molecule has 136 valence electrons. The third kappa shape index (κ3) is 3.93. The van der Waals surface area contributed by atoms with E-state index in [1.165, 1.54) is 0 Å². The number of nitrogens with zero attached hydrogens (tertiary/aromatic N) is 2. The molecule has 1 aliphatic rings. The molecule has 5 nitrogen and oxygen atoms in total. The van der Waals surface area contributed by atoms with E-state index >= 15 is 0 Å². The normalized spacial score (nSPS) is 17.1. The Morgan fingerprint density at radius 3 is 2.77 bits per heavy atom. The molecule has 1 fully saturated rings. The fourth-order valence-corrected chi connectivity index (χ4v) is 3.68. The van der Waals surface area contributed by atoms with Gasteiger partial charge in [-0.05, 0) is 56.4 Å². The van der Waals surface area contributed by atoms with Crippen LogP contribution in [0.2, 0.25) is 0 Å². The summed E-state index contributed by atoms with van der Waals surface area (Å²) in [6, 6.07) is 11.5. The van der Waals surface area contributed by atoms with E-state index in [0.29, 0.717) is 18.5 Å². The van der Waals surface area contributed by atoms with Crippen LogP contribution < -0.4 is 0 Å². The highest BCUT2D eigenvalue weighted by molar-refractivity contribution is 5.97. The minimum atomic E-state index is -0.809. The molecule has 5 heteroatoms. The number of amides is 1. The molecule has 1 saturated heterocycles. The van der Waals surface area contributed by atoms with Crippen molar-refractivity contribution in [1.82, 2.24) is 9.88 Å². The second-order valence-corrected chi connectivity index (χ2v) is 6.77. The Bertz CT molecular complexity index is 789. The smallest absolute Gasteiger partial charge is 0.303 e. The molecule has 0 spiro atoms. The number of rotatable bonds is 5. The molecule has 1 aromatic heterocycles. The van der Waals surface area contributed by atoms with E-state index in [2.05, 4.69) is 4.98 Å². The van der Waals surface area contributed by atoms with E-state index in [4.69, 9.17) is 5.11 Å². The molecule has 0 saturated carbocycles. The maximum Gasteiger partial charge on any atom is 0.303 e. The number of aromatic nitrogens is 1. The average Bonchev–Trinajstić information content (AvgIpc) is 2.67. The van der Waals surface area contributed by atoms with Gasteiger partial charge in [0, 0.05) is 36.3 Å². The standard InChI is InChI=1S/C21H24N2O3/c1-15-17(19-10-2-4-13-22-19)8-6-9-18(15)21(26)23-14-5-3-7-16(23)11-12-20(24)25/h2,4,6,8-10,13,16H,3,5,7,11-12,14H2,1H3,(H,24,25). The topological polar surface area (TPSA) is 70.5 Å². The van der Waals surface area contributed by atoms with Crippen molar-refractivity contribution in [2.45, 2.75) is 45.1 Å². The van der Waals surface area contributed by atoms with Crippen LogP contribution in [0.5, 0.6) is 0 Å². The van der Waals surface area contributed by atoms with Gasteiger partial charge in [-0.25, -0.2) is 0 Å². The first kappa shape index (κ1) is 18.1. The van der Waals surface area contributed by atoms with E-state index in [1.54, 1.807) is 6.20 Å². The molecule has 1 aliphatic heterocycles. The van der Waals surface area contributed by atoms with Gasteiger partial charge in [0.15, 0.2) is 0 Å². The molecule has 0 aliphatic carbocycles. The lowest BCUT2D eigenvalue weighted by Gasteiger charge is -2.36. The van der Waals surface area contributed by atoms with E-state index in [9.17, 15) is 9.59 Å². The SMILES string of the molecule is Cc1c(C(=O)N2CCCCC2CCC(=O)O)cccc1-c1ccccn1. The quantitative estimate of drug-likeness (QED) is 0.885. The van der Waals surface area contributed by atoms with E-state index in [1.807, 2.05) is 48.2 Å². The second kappa shape index (κ2) is 8.13. The zero-order valence-electron chi connectivity index (χ0n) is 15.0. The lowest BCUT2D eigenvalue weighted by Crippen LogP contribution is -2.44. The predicted octanol–water partition coefficient (Wildman–Crippen LogP) is 3.92. The molecule has 0 bridgehead atoms. The molecular formula is C21H24N2O3. The zero-order valence-corrected chi connectivity index (χ0v) is 15.0. The summed E-state index contributed by atoms with van der Waals surface area (Å²) in [6.45, 7) is 2.64. The number of piperidine rings is 1. The molecule has 1 amide bonds. The van der Waals surface area contributed by atoms with Crippen LogP contribution >= 0.6 is 0 Å². The fourth-order valence-electron chi connectivity index (χ4n) is 3.68. The van der Waals surface area contributed by atoms with Crippen LogP contribution in [0, 0.1) is 6.92 Å². The summed E-state index contributed by atoms with van der Waals surface area (Å²) in [5, 5.41) is 8.98. The van der Waals surface area contributed by atoms with Crippen LogP contribution in [-0.4, -0.2) is 39.5 Å². The van der Waals surface area contributed by atoms with Crippen molar-refractivity contribution in [2.24, 2.45) is 0 Å². The van der Waals surface area contributed by atoms with Crippen LogP contribution in [0.1, 0.15) is 48.0 Å². The number of carbonyl (C=O) groups is 2. The molecular weight excluding hydrogens is 328 g/mol.